The van der Waals surface area contributed by atoms with Gasteiger partial charge in [-0.15, -0.1) is 0 Å². The monoisotopic (exact) mass is 565 g/mol. The molecule has 0 saturated heterocycles. The van der Waals surface area contributed by atoms with Crippen LogP contribution in [0.1, 0.15) is 107 Å². The summed E-state index contributed by atoms with van der Waals surface area (Å²) in [6.07, 6.45) is 25.7. The van der Waals surface area contributed by atoms with Gasteiger partial charge in [-0.25, -0.2) is 13.9 Å². The minimum absolute atomic E-state index is 0.352. The topological polar surface area (TPSA) is 35.1 Å². The Morgan fingerprint density at radius 3 is 1.79 bits per heavy atom. The van der Waals surface area contributed by atoms with Crippen LogP contribution in [0.25, 0.3) is 16.8 Å². The molecule has 4 aromatic rings. The molecule has 3 aromatic carbocycles. The molecule has 0 saturated carbocycles. The third kappa shape index (κ3) is 10.6. The second-order valence-corrected chi connectivity index (χ2v) is 11.5. The van der Waals surface area contributed by atoms with E-state index >= 15 is 0 Å². The van der Waals surface area contributed by atoms with E-state index in [0.29, 0.717) is 11.3 Å². The number of unbranched alkanes of at least 4 members (excludes halogenated alkanes) is 13. The highest BCUT2D eigenvalue weighted by molar-refractivity contribution is 5.91. The Kier molecular flexibility index (Phi) is 13.4. The zero-order valence-electron chi connectivity index (χ0n) is 25.6. The molecule has 4 nitrogen and oxygen atoms in total. The number of carbonyl (C=O) groups excluding carboxylic acids is 1. The maximum atomic E-state index is 12.7. The fourth-order valence-corrected chi connectivity index (χ4v) is 5.45. The van der Waals surface area contributed by atoms with Crippen molar-refractivity contribution in [2.24, 2.45) is 0 Å². The van der Waals surface area contributed by atoms with Crippen molar-refractivity contribution in [1.82, 2.24) is 4.57 Å². The molecule has 4 rings (SSSR count). The number of ether oxygens (including phenoxy) is 1. The third-order valence-electron chi connectivity index (χ3n) is 8.03. The SMILES string of the molecule is CCCCCCCCCCCCCCCC[n+]1ccn(-c2ccc(OC(=O)c3ccc(-c4ccccc4)cc3)cc2)c1. The van der Waals surface area contributed by atoms with Gasteiger partial charge >= 0.3 is 5.97 Å². The van der Waals surface area contributed by atoms with E-state index in [1.807, 2.05) is 66.7 Å². The van der Waals surface area contributed by atoms with Gasteiger partial charge in [0.1, 0.15) is 23.8 Å². The maximum Gasteiger partial charge on any atom is 0.343 e. The first kappa shape index (κ1) is 31.3. The normalized spacial score (nSPS) is 11.1. The average Bonchev–Trinajstić information content (AvgIpc) is 3.51. The zero-order chi connectivity index (χ0) is 29.2. The van der Waals surface area contributed by atoms with Crippen LogP contribution in [0.15, 0.2) is 97.6 Å². The molecule has 0 aliphatic heterocycles. The van der Waals surface area contributed by atoms with Gasteiger partial charge in [-0.3, -0.25) is 0 Å². The predicted molar refractivity (Wildman–Crippen MR) is 173 cm³/mol. The number of hydrogen-bond donors (Lipinski definition) is 0. The zero-order valence-corrected chi connectivity index (χ0v) is 25.6. The van der Waals surface area contributed by atoms with Crippen molar-refractivity contribution < 1.29 is 14.1 Å². The summed E-state index contributed by atoms with van der Waals surface area (Å²) in [6.45, 7) is 3.33. The van der Waals surface area contributed by atoms with Crippen molar-refractivity contribution in [1.29, 1.82) is 0 Å². The van der Waals surface area contributed by atoms with Crippen LogP contribution in [0.2, 0.25) is 0 Å². The van der Waals surface area contributed by atoms with Crippen LogP contribution >= 0.6 is 0 Å². The van der Waals surface area contributed by atoms with Crippen molar-refractivity contribution in [2.75, 3.05) is 0 Å². The molecule has 0 spiro atoms. The number of aromatic nitrogens is 2. The molecule has 1 aromatic heterocycles. The molecule has 42 heavy (non-hydrogen) atoms. The number of imidazole rings is 1. The van der Waals surface area contributed by atoms with Gasteiger partial charge in [0.25, 0.3) is 0 Å². The van der Waals surface area contributed by atoms with Crippen LogP contribution in [0, 0.1) is 0 Å². The summed E-state index contributed by atoms with van der Waals surface area (Å²) in [5.74, 6) is 0.188. The van der Waals surface area contributed by atoms with Gasteiger partial charge in [0, 0.05) is 0 Å². The lowest BCUT2D eigenvalue weighted by Crippen LogP contribution is -2.30. The Morgan fingerprint density at radius 1 is 0.643 bits per heavy atom. The van der Waals surface area contributed by atoms with Gasteiger partial charge in [0.15, 0.2) is 0 Å². The van der Waals surface area contributed by atoms with Crippen LogP contribution in [0.5, 0.6) is 5.75 Å². The van der Waals surface area contributed by atoms with Gasteiger partial charge in [-0.1, -0.05) is 126 Å². The Labute approximate surface area is 253 Å². The quantitative estimate of drug-likeness (QED) is 0.0491. The fourth-order valence-electron chi connectivity index (χ4n) is 5.45. The van der Waals surface area contributed by atoms with Crippen LogP contribution in [-0.4, -0.2) is 10.5 Å². The lowest BCUT2D eigenvalue weighted by Gasteiger charge is -2.06. The molecule has 0 radical (unpaired) electrons. The van der Waals surface area contributed by atoms with Crippen LogP contribution in [0.3, 0.4) is 0 Å². The predicted octanol–water partition coefficient (Wildman–Crippen LogP) is 10.1. The lowest BCUT2D eigenvalue weighted by atomic mass is 10.0. The highest BCUT2D eigenvalue weighted by Crippen LogP contribution is 2.21. The number of nitrogens with zero attached hydrogens (tertiary/aromatic N) is 2. The summed E-state index contributed by atoms with van der Waals surface area (Å²) in [5, 5.41) is 0. The van der Waals surface area contributed by atoms with E-state index in [9.17, 15) is 4.79 Å². The smallest absolute Gasteiger partial charge is 0.343 e. The number of esters is 1. The molecule has 0 unspecified atom stereocenters. The second-order valence-electron chi connectivity index (χ2n) is 11.5. The molecule has 0 aliphatic rings. The minimum Gasteiger partial charge on any atom is -0.423 e. The van der Waals surface area contributed by atoms with Crippen molar-refractivity contribution in [3.63, 3.8) is 0 Å². The van der Waals surface area contributed by atoms with Crippen LogP contribution in [0.4, 0.5) is 0 Å². The summed E-state index contributed by atoms with van der Waals surface area (Å²) < 4.78 is 9.99. The van der Waals surface area contributed by atoms with Crippen LogP contribution < -0.4 is 9.30 Å². The first-order valence-corrected chi connectivity index (χ1v) is 16.3. The first-order chi connectivity index (χ1) is 20.7. The minimum atomic E-state index is -0.352. The molecule has 1 heterocycles. The highest BCUT2D eigenvalue weighted by Gasteiger charge is 2.11. The number of carbonyl (C=O) groups is 1. The Hall–Kier alpha value is -3.66. The second kappa shape index (κ2) is 18.0. The molecule has 0 amide bonds. The molecule has 0 aliphatic carbocycles. The number of benzene rings is 3. The molecule has 222 valence electrons. The van der Waals surface area contributed by atoms with Crippen molar-refractivity contribution in [3.8, 4) is 22.6 Å². The van der Waals surface area contributed by atoms with E-state index in [1.165, 1.54) is 89.9 Å². The summed E-state index contributed by atoms with van der Waals surface area (Å²) >= 11 is 0. The molecule has 0 bridgehead atoms. The fraction of sp³-hybridized carbons (Fsp3) is 0.421. The molecular formula is C38H49N2O2+. The Bertz CT molecular complexity index is 1290. The van der Waals surface area contributed by atoms with Crippen molar-refractivity contribution in [3.05, 3.63) is 103 Å². The van der Waals surface area contributed by atoms with Gasteiger partial charge in [-0.05, 0) is 60.4 Å². The summed E-state index contributed by atoms with van der Waals surface area (Å²) in [7, 11) is 0. The molecule has 4 heteroatoms. The summed E-state index contributed by atoms with van der Waals surface area (Å²) in [5.41, 5.74) is 3.78. The average molecular weight is 566 g/mol. The van der Waals surface area contributed by atoms with E-state index in [4.69, 9.17) is 4.74 Å². The first-order valence-electron chi connectivity index (χ1n) is 16.3. The van der Waals surface area contributed by atoms with E-state index in [0.717, 1.165) is 23.4 Å². The van der Waals surface area contributed by atoms with Gasteiger partial charge in [0.05, 0.1) is 12.1 Å². The van der Waals surface area contributed by atoms with Gasteiger partial charge < -0.3 is 4.74 Å². The number of rotatable bonds is 19. The molecule has 0 N–H and O–H groups in total. The number of aryl methyl sites for hydroxylation is 1. The van der Waals surface area contributed by atoms with Crippen molar-refractivity contribution in [2.45, 2.75) is 103 Å². The number of hydrogen-bond acceptors (Lipinski definition) is 2. The largest absolute Gasteiger partial charge is 0.423 e. The molecular weight excluding hydrogens is 516 g/mol. The standard InChI is InChI=1S/C38H49N2O2/c1-2-3-4-5-6-7-8-9-10-11-12-13-14-18-29-39-30-31-40(32-39)36-25-27-37(28-26-36)42-38(41)35-23-21-34(22-24-35)33-19-16-15-17-20-33/h15-17,19-28,30-32H,2-14,18,29H2,1H3/q+1. The third-order valence-corrected chi connectivity index (χ3v) is 8.03. The molecule has 0 atom stereocenters. The Balaban J connectivity index is 1.10. The lowest BCUT2D eigenvalue weighted by molar-refractivity contribution is -0.696. The van der Waals surface area contributed by atoms with Gasteiger partial charge in [0.2, 0.25) is 6.33 Å². The highest BCUT2D eigenvalue weighted by atomic mass is 16.5. The summed E-state index contributed by atoms with van der Waals surface area (Å²) in [4.78, 5) is 12.7. The van der Waals surface area contributed by atoms with E-state index < -0.39 is 0 Å². The van der Waals surface area contributed by atoms with E-state index in [-0.39, 0.29) is 5.97 Å². The van der Waals surface area contributed by atoms with E-state index in [1.54, 1.807) is 0 Å². The van der Waals surface area contributed by atoms with Crippen molar-refractivity contribution >= 4 is 5.97 Å². The van der Waals surface area contributed by atoms with Crippen LogP contribution in [-0.2, 0) is 6.54 Å². The maximum absolute atomic E-state index is 12.7. The Morgan fingerprint density at radius 2 is 1.19 bits per heavy atom. The summed E-state index contributed by atoms with van der Waals surface area (Å²) in [6, 6.07) is 25.3. The van der Waals surface area contributed by atoms with E-state index in [2.05, 4.69) is 46.9 Å². The van der Waals surface area contributed by atoms with Gasteiger partial charge in [-0.2, -0.15) is 0 Å². The molecule has 0 fully saturated rings.